The number of nitrogens with one attached hydrogen (secondary N) is 2. The van der Waals surface area contributed by atoms with Crippen molar-refractivity contribution in [1.82, 2.24) is 20.4 Å². The number of rotatable bonds is 8. The fourth-order valence-corrected chi connectivity index (χ4v) is 3.42. The van der Waals surface area contributed by atoms with Crippen LogP contribution in [0.3, 0.4) is 0 Å². The number of likely N-dealkylation sites (tertiary alicyclic amines) is 1. The fourth-order valence-electron chi connectivity index (χ4n) is 3.42. The molecule has 0 radical (unpaired) electrons. The van der Waals surface area contributed by atoms with Gasteiger partial charge in [0.05, 0.1) is 0 Å². The van der Waals surface area contributed by atoms with Gasteiger partial charge in [0, 0.05) is 32.7 Å². The molecule has 0 aromatic heterocycles. The Morgan fingerprint density at radius 2 is 2.04 bits per heavy atom. The highest BCUT2D eigenvalue weighted by Crippen LogP contribution is 2.15. The number of hydrogen-bond acceptors (Lipinski definition) is 3. The van der Waals surface area contributed by atoms with Gasteiger partial charge in [0.25, 0.3) is 0 Å². The summed E-state index contributed by atoms with van der Waals surface area (Å²) in [5, 5.41) is 6.93. The van der Waals surface area contributed by atoms with Gasteiger partial charge in [0.15, 0.2) is 5.96 Å². The van der Waals surface area contributed by atoms with Gasteiger partial charge >= 0.3 is 0 Å². The first-order chi connectivity index (χ1) is 12.2. The Morgan fingerprint density at radius 3 is 2.73 bits per heavy atom. The van der Waals surface area contributed by atoms with Gasteiger partial charge < -0.3 is 15.5 Å². The zero-order chi connectivity index (χ0) is 18.1. The van der Waals surface area contributed by atoms with Crippen LogP contribution in [-0.2, 0) is 13.1 Å². The molecule has 5 nitrogen and oxygen atoms in total. The van der Waals surface area contributed by atoms with Crippen molar-refractivity contribution in [2.75, 3.05) is 40.3 Å². The predicted molar refractivity (Wildman–Crippen MR) is 122 cm³/mol. The minimum atomic E-state index is 0. The average Bonchev–Trinajstić information content (AvgIpc) is 3.09. The molecule has 0 aliphatic carbocycles. The Hall–Kier alpha value is -0.860. The average molecular weight is 473 g/mol. The van der Waals surface area contributed by atoms with Crippen molar-refractivity contribution in [3.8, 4) is 0 Å². The van der Waals surface area contributed by atoms with E-state index in [0.717, 1.165) is 38.7 Å². The molecule has 1 atom stereocenters. The van der Waals surface area contributed by atoms with E-state index in [1.807, 2.05) is 7.05 Å². The molecule has 2 N–H and O–H groups in total. The molecule has 0 amide bonds. The van der Waals surface area contributed by atoms with E-state index in [9.17, 15) is 0 Å². The van der Waals surface area contributed by atoms with Crippen molar-refractivity contribution in [1.29, 1.82) is 0 Å². The second-order valence-corrected chi connectivity index (χ2v) is 6.88. The predicted octanol–water partition coefficient (Wildman–Crippen LogP) is 2.91. The van der Waals surface area contributed by atoms with Crippen LogP contribution < -0.4 is 10.6 Å². The number of benzene rings is 1. The third-order valence-corrected chi connectivity index (χ3v) is 5.08. The Labute approximate surface area is 176 Å². The number of guanidine groups is 1. The SMILES string of the molecule is CCN(C)Cc1cccc(CNC(=NC)NCC2CCCN2CC)c1.I. The van der Waals surface area contributed by atoms with E-state index in [4.69, 9.17) is 0 Å². The Kier molecular flexibility index (Phi) is 11.2. The maximum absolute atomic E-state index is 4.37. The van der Waals surface area contributed by atoms with Crippen LogP contribution in [0.4, 0.5) is 0 Å². The molecule has 6 heteroatoms. The van der Waals surface area contributed by atoms with Crippen molar-refractivity contribution in [3.63, 3.8) is 0 Å². The number of halogens is 1. The van der Waals surface area contributed by atoms with Gasteiger partial charge in [-0.1, -0.05) is 38.1 Å². The van der Waals surface area contributed by atoms with Crippen molar-refractivity contribution in [2.24, 2.45) is 4.99 Å². The fraction of sp³-hybridized carbons (Fsp3) is 0.650. The minimum absolute atomic E-state index is 0. The summed E-state index contributed by atoms with van der Waals surface area (Å²) in [4.78, 5) is 9.23. The molecule has 1 unspecified atom stereocenters. The Morgan fingerprint density at radius 1 is 1.27 bits per heavy atom. The van der Waals surface area contributed by atoms with Crippen LogP contribution in [0.2, 0.25) is 0 Å². The highest BCUT2D eigenvalue weighted by atomic mass is 127. The van der Waals surface area contributed by atoms with E-state index in [-0.39, 0.29) is 24.0 Å². The van der Waals surface area contributed by atoms with Gasteiger partial charge in [0.2, 0.25) is 0 Å². The lowest BCUT2D eigenvalue weighted by molar-refractivity contribution is 0.267. The van der Waals surface area contributed by atoms with E-state index in [1.165, 1.54) is 30.5 Å². The van der Waals surface area contributed by atoms with Gasteiger partial charge in [0.1, 0.15) is 0 Å². The highest BCUT2D eigenvalue weighted by Gasteiger charge is 2.22. The lowest BCUT2D eigenvalue weighted by Crippen LogP contribution is -2.44. The monoisotopic (exact) mass is 473 g/mol. The molecular formula is C20H36IN5. The quantitative estimate of drug-likeness (QED) is 0.346. The van der Waals surface area contributed by atoms with Gasteiger partial charge in [-0.05, 0) is 50.7 Å². The van der Waals surface area contributed by atoms with Crippen LogP contribution in [0.15, 0.2) is 29.3 Å². The summed E-state index contributed by atoms with van der Waals surface area (Å²) in [6.45, 7) is 10.6. The Balaban J connectivity index is 0.00000338. The van der Waals surface area contributed by atoms with Crippen LogP contribution >= 0.6 is 24.0 Å². The number of nitrogens with zero attached hydrogens (tertiary/aromatic N) is 3. The maximum Gasteiger partial charge on any atom is 0.191 e. The molecule has 1 aromatic rings. The molecule has 0 spiro atoms. The van der Waals surface area contributed by atoms with Crippen LogP contribution in [0.25, 0.3) is 0 Å². The summed E-state index contributed by atoms with van der Waals surface area (Å²) in [6.07, 6.45) is 2.59. The van der Waals surface area contributed by atoms with Crippen LogP contribution in [0, 0.1) is 0 Å². The Bertz CT molecular complexity index is 549. The van der Waals surface area contributed by atoms with Crippen molar-refractivity contribution in [3.05, 3.63) is 35.4 Å². The van der Waals surface area contributed by atoms with Gasteiger partial charge in [-0.15, -0.1) is 24.0 Å². The smallest absolute Gasteiger partial charge is 0.191 e. The molecule has 1 heterocycles. The summed E-state index contributed by atoms with van der Waals surface area (Å²) < 4.78 is 0. The summed E-state index contributed by atoms with van der Waals surface area (Å²) in [6, 6.07) is 9.43. The lowest BCUT2D eigenvalue weighted by Gasteiger charge is -2.24. The van der Waals surface area contributed by atoms with Gasteiger partial charge in [-0.25, -0.2) is 0 Å². The topological polar surface area (TPSA) is 42.9 Å². The van der Waals surface area contributed by atoms with E-state index in [0.29, 0.717) is 6.04 Å². The second kappa shape index (κ2) is 12.5. The standard InChI is InChI=1S/C20H35N5.HI/c1-5-24(4)16-18-10-7-9-17(13-18)14-22-20(21-3)23-15-19-11-8-12-25(19)6-2;/h7,9-10,13,19H,5-6,8,11-12,14-16H2,1-4H3,(H2,21,22,23);1H. The first kappa shape index (κ1) is 23.2. The molecule has 0 saturated carbocycles. The summed E-state index contributed by atoms with van der Waals surface area (Å²) >= 11 is 0. The summed E-state index contributed by atoms with van der Waals surface area (Å²) in [5.41, 5.74) is 2.65. The molecule has 0 bridgehead atoms. The molecule has 1 fully saturated rings. The normalized spacial score (nSPS) is 18.0. The maximum atomic E-state index is 4.37. The first-order valence-electron chi connectivity index (χ1n) is 9.61. The van der Waals surface area contributed by atoms with E-state index >= 15 is 0 Å². The minimum Gasteiger partial charge on any atom is -0.355 e. The van der Waals surface area contributed by atoms with Crippen molar-refractivity contribution >= 4 is 29.9 Å². The lowest BCUT2D eigenvalue weighted by atomic mass is 10.1. The van der Waals surface area contributed by atoms with Crippen molar-refractivity contribution < 1.29 is 0 Å². The third kappa shape index (κ3) is 7.40. The van der Waals surface area contributed by atoms with Crippen LogP contribution in [-0.4, -0.2) is 62.1 Å². The highest BCUT2D eigenvalue weighted by molar-refractivity contribution is 14.0. The molecule has 1 aliphatic rings. The molecule has 1 aliphatic heterocycles. The van der Waals surface area contributed by atoms with Crippen LogP contribution in [0.5, 0.6) is 0 Å². The molecule has 2 rings (SSSR count). The first-order valence-corrected chi connectivity index (χ1v) is 9.61. The van der Waals surface area contributed by atoms with E-state index < -0.39 is 0 Å². The summed E-state index contributed by atoms with van der Waals surface area (Å²) in [7, 11) is 3.99. The molecule has 26 heavy (non-hydrogen) atoms. The molecule has 148 valence electrons. The number of aliphatic imine (C=N–C) groups is 1. The van der Waals surface area contributed by atoms with E-state index in [1.54, 1.807) is 0 Å². The summed E-state index contributed by atoms with van der Waals surface area (Å²) in [5.74, 6) is 0.888. The van der Waals surface area contributed by atoms with Gasteiger partial charge in [-0.3, -0.25) is 9.89 Å². The van der Waals surface area contributed by atoms with Crippen LogP contribution in [0.1, 0.15) is 37.8 Å². The largest absolute Gasteiger partial charge is 0.355 e. The van der Waals surface area contributed by atoms with Crippen molar-refractivity contribution in [2.45, 2.75) is 45.8 Å². The zero-order valence-corrected chi connectivity index (χ0v) is 19.1. The molecule has 1 aromatic carbocycles. The molecule has 1 saturated heterocycles. The number of hydrogen-bond donors (Lipinski definition) is 2. The zero-order valence-electron chi connectivity index (χ0n) is 16.8. The number of likely N-dealkylation sites (N-methyl/N-ethyl adjacent to an activating group) is 1. The third-order valence-electron chi connectivity index (χ3n) is 5.08. The van der Waals surface area contributed by atoms with E-state index in [2.05, 4.69) is 70.6 Å². The second-order valence-electron chi connectivity index (χ2n) is 6.88. The van der Waals surface area contributed by atoms with Gasteiger partial charge in [-0.2, -0.15) is 0 Å². The molecular weight excluding hydrogens is 437 g/mol.